The summed E-state index contributed by atoms with van der Waals surface area (Å²) in [4.78, 5) is 0. The van der Waals surface area contributed by atoms with E-state index in [9.17, 15) is 0 Å². The van der Waals surface area contributed by atoms with E-state index in [0.29, 0.717) is 6.04 Å². The van der Waals surface area contributed by atoms with Crippen molar-refractivity contribution in [2.45, 2.75) is 45.1 Å². The van der Waals surface area contributed by atoms with Crippen molar-refractivity contribution in [2.24, 2.45) is 5.92 Å². The Balaban J connectivity index is 1.86. The van der Waals surface area contributed by atoms with Gasteiger partial charge in [0.1, 0.15) is 12.4 Å². The van der Waals surface area contributed by atoms with E-state index in [1.807, 2.05) is 24.3 Å². The van der Waals surface area contributed by atoms with Crippen molar-refractivity contribution in [1.29, 1.82) is 0 Å². The summed E-state index contributed by atoms with van der Waals surface area (Å²) in [5, 5.41) is 4.40. The van der Waals surface area contributed by atoms with Crippen LogP contribution < -0.4 is 10.1 Å². The van der Waals surface area contributed by atoms with E-state index in [4.69, 9.17) is 16.3 Å². The molecule has 2 rings (SSSR count). The number of rotatable bonds is 7. The molecule has 0 heterocycles. The number of hydrogen-bond donors (Lipinski definition) is 1. The molecule has 1 aliphatic rings. The van der Waals surface area contributed by atoms with Gasteiger partial charge in [-0.1, -0.05) is 31.4 Å². The quantitative estimate of drug-likeness (QED) is 0.805. The molecule has 0 radical (unpaired) electrons. The summed E-state index contributed by atoms with van der Waals surface area (Å²) >= 11 is 5.88. The lowest BCUT2D eigenvalue weighted by atomic mass is 9.98. The van der Waals surface area contributed by atoms with Crippen LogP contribution in [0, 0.1) is 5.92 Å². The molecule has 0 aliphatic heterocycles. The minimum absolute atomic E-state index is 0.484. The third-order valence-electron chi connectivity index (χ3n) is 3.87. The third-order valence-corrected chi connectivity index (χ3v) is 4.12. The maximum absolute atomic E-state index is 5.91. The van der Waals surface area contributed by atoms with Gasteiger partial charge in [0.15, 0.2) is 0 Å². The summed E-state index contributed by atoms with van der Waals surface area (Å²) in [5.41, 5.74) is 0. The molecule has 0 spiro atoms. The highest BCUT2D eigenvalue weighted by atomic mass is 35.5. The highest BCUT2D eigenvalue weighted by Crippen LogP contribution is 2.28. The van der Waals surface area contributed by atoms with E-state index >= 15 is 0 Å². The van der Waals surface area contributed by atoms with Crippen molar-refractivity contribution in [3.63, 3.8) is 0 Å². The van der Waals surface area contributed by atoms with Crippen LogP contribution in [0.3, 0.4) is 0 Å². The van der Waals surface area contributed by atoms with Crippen LogP contribution in [-0.4, -0.2) is 19.2 Å². The monoisotopic (exact) mass is 281 g/mol. The molecule has 19 heavy (non-hydrogen) atoms. The standard InChI is InChI=1S/C16H24ClNO/c1-2-11-18-16(13-5-3-4-6-13)12-19-15-9-7-14(17)8-10-15/h7-10,13,16,18H,2-6,11-12H2,1H3. The number of hydrogen-bond acceptors (Lipinski definition) is 2. The van der Waals surface area contributed by atoms with Crippen LogP contribution in [0.5, 0.6) is 5.75 Å². The normalized spacial score (nSPS) is 17.6. The van der Waals surface area contributed by atoms with E-state index in [1.165, 1.54) is 32.1 Å². The lowest BCUT2D eigenvalue weighted by molar-refractivity contribution is 0.217. The Morgan fingerprint density at radius 3 is 2.58 bits per heavy atom. The Labute approximate surface area is 121 Å². The van der Waals surface area contributed by atoms with Crippen molar-refractivity contribution >= 4 is 11.6 Å². The maximum Gasteiger partial charge on any atom is 0.119 e. The van der Waals surface area contributed by atoms with Crippen LogP contribution in [0.1, 0.15) is 39.0 Å². The Morgan fingerprint density at radius 2 is 1.95 bits per heavy atom. The first-order valence-electron chi connectivity index (χ1n) is 7.41. The minimum atomic E-state index is 0.484. The molecule has 1 N–H and O–H groups in total. The Hall–Kier alpha value is -0.730. The zero-order valence-corrected chi connectivity index (χ0v) is 12.5. The average molecular weight is 282 g/mol. The fraction of sp³-hybridized carbons (Fsp3) is 0.625. The third kappa shape index (κ3) is 4.70. The maximum atomic E-state index is 5.91. The van der Waals surface area contributed by atoms with Gasteiger partial charge in [-0.2, -0.15) is 0 Å². The topological polar surface area (TPSA) is 21.3 Å². The first-order chi connectivity index (χ1) is 9.29. The molecule has 1 atom stereocenters. The van der Waals surface area contributed by atoms with Crippen LogP contribution in [0.2, 0.25) is 5.02 Å². The Morgan fingerprint density at radius 1 is 1.26 bits per heavy atom. The van der Waals surface area contributed by atoms with Crippen molar-refractivity contribution in [3.05, 3.63) is 29.3 Å². The summed E-state index contributed by atoms with van der Waals surface area (Å²) in [5.74, 6) is 1.68. The predicted octanol–water partition coefficient (Wildman–Crippen LogP) is 4.28. The van der Waals surface area contributed by atoms with Crippen molar-refractivity contribution in [3.8, 4) is 5.75 Å². The largest absolute Gasteiger partial charge is 0.492 e. The van der Waals surface area contributed by atoms with Gasteiger partial charge in [0.05, 0.1) is 0 Å². The van der Waals surface area contributed by atoms with E-state index in [0.717, 1.165) is 29.8 Å². The van der Waals surface area contributed by atoms with Gasteiger partial charge in [0.25, 0.3) is 0 Å². The lowest BCUT2D eigenvalue weighted by Crippen LogP contribution is -2.40. The molecule has 1 aromatic rings. The molecular formula is C16H24ClNO. The molecule has 1 aromatic carbocycles. The smallest absolute Gasteiger partial charge is 0.119 e. The molecule has 0 amide bonds. The molecule has 0 saturated heterocycles. The van der Waals surface area contributed by atoms with E-state index < -0.39 is 0 Å². The van der Waals surface area contributed by atoms with Crippen LogP contribution in [0.25, 0.3) is 0 Å². The van der Waals surface area contributed by atoms with Crippen molar-refractivity contribution < 1.29 is 4.74 Å². The number of ether oxygens (including phenoxy) is 1. The summed E-state index contributed by atoms with van der Waals surface area (Å²) in [6.07, 6.45) is 6.59. The number of halogens is 1. The number of nitrogens with one attached hydrogen (secondary N) is 1. The molecule has 2 nitrogen and oxygen atoms in total. The van der Waals surface area contributed by atoms with Gasteiger partial charge in [-0.3, -0.25) is 0 Å². The highest BCUT2D eigenvalue weighted by molar-refractivity contribution is 6.30. The van der Waals surface area contributed by atoms with Crippen molar-refractivity contribution in [1.82, 2.24) is 5.32 Å². The molecule has 1 fully saturated rings. The van der Waals surface area contributed by atoms with Gasteiger partial charge in [0, 0.05) is 11.1 Å². The van der Waals surface area contributed by atoms with Gasteiger partial charge < -0.3 is 10.1 Å². The Kier molecular flexibility index (Phi) is 5.99. The summed E-state index contributed by atoms with van der Waals surface area (Å²) < 4.78 is 5.91. The van der Waals surface area contributed by atoms with Gasteiger partial charge in [-0.05, 0) is 56.0 Å². The molecule has 1 saturated carbocycles. The minimum Gasteiger partial charge on any atom is -0.492 e. The summed E-state index contributed by atoms with van der Waals surface area (Å²) in [7, 11) is 0. The first kappa shape index (κ1) is 14.7. The second-order valence-electron chi connectivity index (χ2n) is 5.37. The zero-order chi connectivity index (χ0) is 13.5. The molecule has 0 aromatic heterocycles. The molecular weight excluding hydrogens is 258 g/mol. The Bertz CT molecular complexity index is 360. The van der Waals surface area contributed by atoms with E-state index in [2.05, 4.69) is 12.2 Å². The van der Waals surface area contributed by atoms with Crippen molar-refractivity contribution in [2.75, 3.05) is 13.2 Å². The molecule has 3 heteroatoms. The fourth-order valence-corrected chi connectivity index (χ4v) is 2.89. The van der Waals surface area contributed by atoms with Gasteiger partial charge in [-0.25, -0.2) is 0 Å². The SMILES string of the molecule is CCCNC(COc1ccc(Cl)cc1)C1CCCC1. The highest BCUT2D eigenvalue weighted by Gasteiger charge is 2.24. The average Bonchev–Trinajstić information content (AvgIpc) is 2.95. The summed E-state index contributed by atoms with van der Waals surface area (Å²) in [6.45, 7) is 4.04. The number of benzene rings is 1. The van der Waals surface area contributed by atoms with E-state index in [-0.39, 0.29) is 0 Å². The zero-order valence-electron chi connectivity index (χ0n) is 11.7. The second-order valence-corrected chi connectivity index (χ2v) is 5.81. The predicted molar refractivity (Wildman–Crippen MR) is 81.0 cm³/mol. The second kappa shape index (κ2) is 7.76. The molecule has 1 unspecified atom stereocenters. The van der Waals surface area contributed by atoms with Gasteiger partial charge in [-0.15, -0.1) is 0 Å². The van der Waals surface area contributed by atoms with Gasteiger partial charge in [0.2, 0.25) is 0 Å². The van der Waals surface area contributed by atoms with Crippen LogP contribution in [0.4, 0.5) is 0 Å². The summed E-state index contributed by atoms with van der Waals surface area (Å²) in [6, 6.07) is 8.11. The van der Waals surface area contributed by atoms with Crippen LogP contribution in [-0.2, 0) is 0 Å². The van der Waals surface area contributed by atoms with E-state index in [1.54, 1.807) is 0 Å². The molecule has 0 bridgehead atoms. The van der Waals surface area contributed by atoms with Gasteiger partial charge >= 0.3 is 0 Å². The van der Waals surface area contributed by atoms with Crippen LogP contribution >= 0.6 is 11.6 Å². The van der Waals surface area contributed by atoms with Crippen LogP contribution in [0.15, 0.2) is 24.3 Å². The molecule has 106 valence electrons. The lowest BCUT2D eigenvalue weighted by Gasteiger charge is -2.24. The molecule has 1 aliphatic carbocycles. The first-order valence-corrected chi connectivity index (χ1v) is 7.79. The fourth-order valence-electron chi connectivity index (χ4n) is 2.77.